The number of hydrogen-bond acceptors (Lipinski definition) is 9. The summed E-state index contributed by atoms with van der Waals surface area (Å²) in [5.41, 5.74) is 0.817. The van der Waals surface area contributed by atoms with Gasteiger partial charge >= 0.3 is 5.69 Å². The molecule has 5 rings (SSSR count). The number of hydrogen-bond donors (Lipinski definition) is 2. The zero-order chi connectivity index (χ0) is 24.2. The lowest BCUT2D eigenvalue weighted by atomic mass is 10.1. The number of nitrogens with one attached hydrogen (secondary N) is 1. The van der Waals surface area contributed by atoms with Crippen molar-refractivity contribution in [1.29, 1.82) is 0 Å². The molecule has 0 aliphatic carbocycles. The Labute approximate surface area is 196 Å². The summed E-state index contributed by atoms with van der Waals surface area (Å²) in [6.07, 6.45) is 1.20. The fourth-order valence-corrected chi connectivity index (χ4v) is 5.35. The fourth-order valence-electron chi connectivity index (χ4n) is 4.26. The number of aromatic amines is 1. The highest BCUT2D eigenvalue weighted by molar-refractivity contribution is 7.86. The number of hydrazine groups is 1. The molecule has 14 nitrogen and oxygen atoms in total. The van der Waals surface area contributed by atoms with Crippen LogP contribution in [0.15, 0.2) is 32.6 Å². The average molecular weight is 493 g/mol. The summed E-state index contributed by atoms with van der Waals surface area (Å²) >= 11 is 0. The second-order valence-corrected chi connectivity index (χ2v) is 10.7. The Balaban J connectivity index is 1.38. The van der Waals surface area contributed by atoms with Crippen LogP contribution in [0.3, 0.4) is 0 Å². The molecule has 0 saturated carbocycles. The molecule has 1 unspecified atom stereocenters. The zero-order valence-electron chi connectivity index (χ0n) is 19.2. The second-order valence-electron chi connectivity index (χ2n) is 8.51. The maximum absolute atomic E-state index is 12.8. The van der Waals surface area contributed by atoms with Gasteiger partial charge in [-0.3, -0.25) is 19.5 Å². The minimum absolute atomic E-state index is 0.305. The van der Waals surface area contributed by atoms with Crippen molar-refractivity contribution < 1.29 is 12.8 Å². The lowest BCUT2D eigenvalue weighted by molar-refractivity contribution is 0.178. The van der Waals surface area contributed by atoms with Crippen LogP contribution in [-0.2, 0) is 16.8 Å². The highest BCUT2D eigenvalue weighted by Gasteiger charge is 2.33. The van der Waals surface area contributed by atoms with Gasteiger partial charge in [0.15, 0.2) is 11.6 Å². The molecular weight excluding hydrogens is 464 g/mol. The molecule has 0 spiro atoms. The van der Waals surface area contributed by atoms with Gasteiger partial charge in [-0.15, -0.1) is 0 Å². The van der Waals surface area contributed by atoms with Gasteiger partial charge in [-0.25, -0.2) is 20.3 Å². The first-order chi connectivity index (χ1) is 16.2. The van der Waals surface area contributed by atoms with Gasteiger partial charge in [0.2, 0.25) is 5.78 Å². The Morgan fingerprint density at radius 1 is 1.24 bits per heavy atom. The van der Waals surface area contributed by atoms with Crippen molar-refractivity contribution in [2.24, 2.45) is 10.8 Å². The van der Waals surface area contributed by atoms with Crippen molar-refractivity contribution in [3.05, 3.63) is 40.3 Å². The Morgan fingerprint density at radius 3 is 2.62 bits per heavy atom. The van der Waals surface area contributed by atoms with E-state index >= 15 is 0 Å². The van der Waals surface area contributed by atoms with Gasteiger partial charge in [-0.05, 0) is 19.1 Å². The molecule has 0 bridgehead atoms. The Hall–Kier alpha value is -2.98. The quantitative estimate of drug-likeness (QED) is 0.403. The van der Waals surface area contributed by atoms with Crippen molar-refractivity contribution in [1.82, 2.24) is 32.7 Å². The van der Waals surface area contributed by atoms with Crippen molar-refractivity contribution in [3.63, 3.8) is 0 Å². The molecule has 15 heteroatoms. The van der Waals surface area contributed by atoms with E-state index in [4.69, 9.17) is 10.3 Å². The average Bonchev–Trinajstić information content (AvgIpc) is 3.52. The molecule has 0 aromatic carbocycles. The summed E-state index contributed by atoms with van der Waals surface area (Å²) in [5, 5.41) is 4.30. The molecule has 3 N–H and O–H groups in total. The van der Waals surface area contributed by atoms with Crippen LogP contribution in [0.4, 0.5) is 5.82 Å². The third-order valence-electron chi connectivity index (χ3n) is 6.24. The van der Waals surface area contributed by atoms with E-state index in [0.29, 0.717) is 68.0 Å². The summed E-state index contributed by atoms with van der Waals surface area (Å²) in [4.78, 5) is 24.2. The first-order valence-corrected chi connectivity index (χ1v) is 12.4. The van der Waals surface area contributed by atoms with E-state index in [1.807, 2.05) is 6.92 Å². The summed E-state index contributed by atoms with van der Waals surface area (Å²) in [5.74, 6) is 7.71. The van der Waals surface area contributed by atoms with E-state index in [9.17, 15) is 13.2 Å². The predicted molar refractivity (Wildman–Crippen MR) is 125 cm³/mol. The van der Waals surface area contributed by atoms with Gasteiger partial charge < -0.3 is 4.42 Å². The molecule has 2 aliphatic heterocycles. The molecule has 184 valence electrons. The van der Waals surface area contributed by atoms with Gasteiger partial charge in [0.25, 0.3) is 10.2 Å². The zero-order valence-corrected chi connectivity index (χ0v) is 20.1. The van der Waals surface area contributed by atoms with Gasteiger partial charge in [-0.2, -0.15) is 22.0 Å². The van der Waals surface area contributed by atoms with Crippen LogP contribution < -0.4 is 16.5 Å². The van der Waals surface area contributed by atoms with Crippen molar-refractivity contribution in [2.45, 2.75) is 19.6 Å². The van der Waals surface area contributed by atoms with E-state index in [1.54, 1.807) is 27.5 Å². The van der Waals surface area contributed by atoms with E-state index in [1.165, 1.54) is 27.7 Å². The number of aromatic nitrogens is 4. The molecule has 0 radical (unpaired) electrons. The van der Waals surface area contributed by atoms with Crippen LogP contribution in [-0.4, -0.2) is 99.8 Å². The third-order valence-corrected chi connectivity index (χ3v) is 8.18. The molecule has 1 atom stereocenters. The van der Waals surface area contributed by atoms with E-state index < -0.39 is 10.2 Å². The first-order valence-electron chi connectivity index (χ1n) is 11.0. The van der Waals surface area contributed by atoms with Crippen LogP contribution >= 0.6 is 0 Å². The van der Waals surface area contributed by atoms with Crippen LogP contribution in [0.2, 0.25) is 0 Å². The van der Waals surface area contributed by atoms with Crippen LogP contribution in [0.1, 0.15) is 18.4 Å². The van der Waals surface area contributed by atoms with Crippen LogP contribution in [0, 0.1) is 0 Å². The maximum Gasteiger partial charge on any atom is 0.343 e. The number of rotatable bonds is 6. The summed E-state index contributed by atoms with van der Waals surface area (Å²) in [7, 11) is -0.365. The molecule has 0 amide bonds. The van der Waals surface area contributed by atoms with E-state index in [0.717, 1.165) is 0 Å². The Morgan fingerprint density at radius 2 is 1.97 bits per heavy atom. The fraction of sp³-hybridized carbons (Fsp3) is 0.526. The van der Waals surface area contributed by atoms with Crippen LogP contribution in [0.25, 0.3) is 5.78 Å². The molecular formula is C19H28N10O4S. The third kappa shape index (κ3) is 3.65. The number of nitrogens with zero attached hydrogens (tertiary/aromatic N) is 8. The van der Waals surface area contributed by atoms with Crippen molar-refractivity contribution in [2.75, 3.05) is 51.8 Å². The van der Waals surface area contributed by atoms with Gasteiger partial charge in [-0.1, -0.05) is 0 Å². The van der Waals surface area contributed by atoms with Gasteiger partial charge in [0.05, 0.1) is 6.26 Å². The van der Waals surface area contributed by atoms with Gasteiger partial charge in [0, 0.05) is 53.4 Å². The maximum atomic E-state index is 12.8. The monoisotopic (exact) mass is 492 g/mol. The molecule has 2 aliphatic rings. The number of imidazole rings is 1. The first kappa shape index (κ1) is 22.8. The lowest BCUT2D eigenvalue weighted by Gasteiger charge is -2.35. The Kier molecular flexibility index (Phi) is 5.60. The molecule has 3 aromatic rings. The largest absolute Gasteiger partial charge is 0.463 e. The van der Waals surface area contributed by atoms with Crippen LogP contribution in [0.5, 0.6) is 0 Å². The van der Waals surface area contributed by atoms with E-state index in [-0.39, 0.29) is 11.9 Å². The lowest BCUT2D eigenvalue weighted by Crippen LogP contribution is -2.52. The number of piperazine rings is 1. The minimum Gasteiger partial charge on any atom is -0.463 e. The van der Waals surface area contributed by atoms with Crippen molar-refractivity contribution >= 4 is 27.5 Å². The number of H-pyrrole nitrogens is 1. The normalized spacial score (nSPS) is 20.3. The highest BCUT2D eigenvalue weighted by Crippen LogP contribution is 2.28. The van der Waals surface area contributed by atoms with Gasteiger partial charge in [0.1, 0.15) is 17.6 Å². The number of fused-ring (bicyclic) bond motifs is 3. The van der Waals surface area contributed by atoms with Crippen molar-refractivity contribution in [3.8, 4) is 0 Å². The van der Waals surface area contributed by atoms with E-state index in [2.05, 4.69) is 20.0 Å². The summed E-state index contributed by atoms with van der Waals surface area (Å²) in [6.45, 7) is 4.77. The molecule has 5 heterocycles. The number of aliphatic imine (C=N–C) groups is 1. The molecule has 1 saturated heterocycles. The second kappa shape index (κ2) is 8.35. The topological polar surface area (TPSA) is 154 Å². The Bertz CT molecular complexity index is 1380. The number of nitrogens with two attached hydrogens (primary N) is 1. The molecule has 3 aromatic heterocycles. The highest BCUT2D eigenvalue weighted by atomic mass is 32.2. The number of furan rings is 1. The number of anilines is 1. The minimum atomic E-state index is -3.42. The standard InChI is InChI=1S/C19H28N10O4S/c1-13-21-15(14-5-4-12-33-14)16-17(28(13)20)22-18-27(19(30)23-29(16)18)11-8-25-6-9-26(10-7-25)34(31,32)24(2)3/h4-5,12-13H,6-11,20H2,1-3H3,(H,23,30). The SMILES string of the molecule is CC1N=C(c2ccco2)c2c(nc3n(CCN4CCN(S(=O)(=O)N(C)C)CC4)c(=O)[nH]n23)N1N. The summed E-state index contributed by atoms with van der Waals surface area (Å²) < 4.78 is 36.1. The smallest absolute Gasteiger partial charge is 0.343 e. The molecule has 34 heavy (non-hydrogen) atoms. The predicted octanol–water partition coefficient (Wildman–Crippen LogP) is -1.28. The summed E-state index contributed by atoms with van der Waals surface area (Å²) in [6, 6.07) is 3.57. The molecule has 1 fully saturated rings.